The van der Waals surface area contributed by atoms with Crippen molar-refractivity contribution in [2.45, 2.75) is 19.4 Å². The van der Waals surface area contributed by atoms with Crippen molar-refractivity contribution in [2.24, 2.45) is 0 Å². The molecule has 0 fully saturated rings. The molecule has 0 amide bonds. The Labute approximate surface area is 142 Å². The van der Waals surface area contributed by atoms with Gasteiger partial charge < -0.3 is 15.4 Å². The second-order valence-electron chi connectivity index (χ2n) is 5.13. The lowest BCUT2D eigenvalue weighted by molar-refractivity contribution is 0.414. The lowest BCUT2D eigenvalue weighted by atomic mass is 10.1. The van der Waals surface area contributed by atoms with Crippen LogP contribution in [0.5, 0.6) is 5.75 Å². The van der Waals surface area contributed by atoms with Gasteiger partial charge in [0.15, 0.2) is 5.11 Å². The Balaban J connectivity index is 1.91. The number of nitrogens with zero attached hydrogens (tertiary/aromatic N) is 1. The quantitative estimate of drug-likeness (QED) is 0.819. The lowest BCUT2D eigenvalue weighted by Crippen LogP contribution is -2.30. The molecule has 5 heteroatoms. The zero-order valence-corrected chi connectivity index (χ0v) is 14.0. The molecule has 2 rings (SSSR count). The molecule has 0 aliphatic heterocycles. The Morgan fingerprint density at radius 1 is 1.17 bits per heavy atom. The highest BCUT2D eigenvalue weighted by atomic mass is 32.1. The fourth-order valence-electron chi connectivity index (χ4n) is 2.14. The minimum absolute atomic E-state index is 0.0822. The summed E-state index contributed by atoms with van der Waals surface area (Å²) >= 11 is 5.35. The average molecular weight is 325 g/mol. The number of methoxy groups -OCH3 is 1. The maximum atomic E-state index is 8.67. The third-order valence-corrected chi connectivity index (χ3v) is 3.68. The zero-order valence-electron chi connectivity index (χ0n) is 13.2. The van der Waals surface area contributed by atoms with Gasteiger partial charge in [0.2, 0.25) is 0 Å². The molecule has 2 aromatic carbocycles. The summed E-state index contributed by atoms with van der Waals surface area (Å²) in [5.74, 6) is 0.833. The fourth-order valence-corrected chi connectivity index (χ4v) is 2.43. The van der Waals surface area contributed by atoms with E-state index in [0.717, 1.165) is 22.6 Å². The summed E-state index contributed by atoms with van der Waals surface area (Å²) in [6, 6.07) is 17.8. The topological polar surface area (TPSA) is 57.1 Å². The first-order chi connectivity index (χ1) is 11.1. The summed E-state index contributed by atoms with van der Waals surface area (Å²) in [4.78, 5) is 0. The molecule has 0 spiro atoms. The van der Waals surface area contributed by atoms with E-state index in [0.29, 0.717) is 11.5 Å². The third kappa shape index (κ3) is 4.97. The van der Waals surface area contributed by atoms with Crippen LogP contribution in [-0.2, 0) is 6.42 Å². The van der Waals surface area contributed by atoms with Crippen LogP contribution < -0.4 is 15.4 Å². The smallest absolute Gasteiger partial charge is 0.171 e. The van der Waals surface area contributed by atoms with Crippen LogP contribution in [0, 0.1) is 11.3 Å². The van der Waals surface area contributed by atoms with Crippen molar-refractivity contribution in [2.75, 3.05) is 12.4 Å². The van der Waals surface area contributed by atoms with E-state index in [1.165, 1.54) is 0 Å². The van der Waals surface area contributed by atoms with Gasteiger partial charge in [0.1, 0.15) is 5.75 Å². The standard InChI is InChI=1S/C18H19N3OS/c1-13(15-5-9-17(22-2)10-6-15)20-18(23)21-16-7-3-14(4-8-16)11-12-19/h3-10,13H,11H2,1-2H3,(H2,20,21,23)/t13-/m1/s1. The highest BCUT2D eigenvalue weighted by molar-refractivity contribution is 7.80. The molecule has 0 bridgehead atoms. The predicted octanol–water partition coefficient (Wildman–Crippen LogP) is 3.81. The van der Waals surface area contributed by atoms with Crippen LogP contribution in [0.25, 0.3) is 0 Å². The number of thiocarbonyl (C=S) groups is 1. The molecule has 0 radical (unpaired) electrons. The molecule has 23 heavy (non-hydrogen) atoms. The number of hydrogen-bond donors (Lipinski definition) is 2. The second kappa shape index (κ2) is 8.16. The normalized spacial score (nSPS) is 11.2. The van der Waals surface area contributed by atoms with Gasteiger partial charge in [-0.25, -0.2) is 0 Å². The predicted molar refractivity (Wildman–Crippen MR) is 96.5 cm³/mol. The Bertz CT molecular complexity index is 690. The molecule has 0 aliphatic carbocycles. The lowest BCUT2D eigenvalue weighted by Gasteiger charge is -2.17. The van der Waals surface area contributed by atoms with E-state index in [4.69, 9.17) is 22.2 Å². The first-order valence-corrected chi connectivity index (χ1v) is 7.70. The number of anilines is 1. The monoisotopic (exact) mass is 325 g/mol. The van der Waals surface area contributed by atoms with E-state index in [1.807, 2.05) is 55.5 Å². The van der Waals surface area contributed by atoms with Crippen LogP contribution in [0.15, 0.2) is 48.5 Å². The summed E-state index contributed by atoms with van der Waals surface area (Å²) < 4.78 is 5.16. The molecule has 118 valence electrons. The maximum absolute atomic E-state index is 8.67. The van der Waals surface area contributed by atoms with Crippen molar-refractivity contribution < 1.29 is 4.74 Å². The van der Waals surface area contributed by atoms with Gasteiger partial charge >= 0.3 is 0 Å². The van der Waals surface area contributed by atoms with Crippen LogP contribution in [0.2, 0.25) is 0 Å². The minimum atomic E-state index is 0.0822. The first kappa shape index (κ1) is 16.8. The van der Waals surface area contributed by atoms with Gasteiger partial charge in [0, 0.05) is 5.69 Å². The van der Waals surface area contributed by atoms with E-state index >= 15 is 0 Å². The molecule has 0 saturated carbocycles. The second-order valence-corrected chi connectivity index (χ2v) is 5.53. The molecule has 2 N–H and O–H groups in total. The molecule has 4 nitrogen and oxygen atoms in total. The largest absolute Gasteiger partial charge is 0.497 e. The average Bonchev–Trinajstić information content (AvgIpc) is 2.57. The van der Waals surface area contributed by atoms with Crippen LogP contribution in [0.3, 0.4) is 0 Å². The SMILES string of the molecule is COc1ccc([C@@H](C)NC(=S)Nc2ccc(CC#N)cc2)cc1. The molecule has 0 aliphatic rings. The van der Waals surface area contributed by atoms with Gasteiger partial charge in [0.05, 0.1) is 25.6 Å². The van der Waals surface area contributed by atoms with Crippen LogP contribution >= 0.6 is 12.2 Å². The molecule has 0 aromatic heterocycles. The maximum Gasteiger partial charge on any atom is 0.171 e. The Kier molecular flexibility index (Phi) is 5.95. The van der Waals surface area contributed by atoms with E-state index in [2.05, 4.69) is 16.7 Å². The van der Waals surface area contributed by atoms with Gasteiger partial charge in [-0.05, 0) is 54.5 Å². The van der Waals surface area contributed by atoms with E-state index in [1.54, 1.807) is 7.11 Å². The summed E-state index contributed by atoms with van der Waals surface area (Å²) in [6.07, 6.45) is 0.414. The summed E-state index contributed by atoms with van der Waals surface area (Å²) in [6.45, 7) is 2.05. The zero-order chi connectivity index (χ0) is 16.7. The van der Waals surface area contributed by atoms with Crippen LogP contribution in [0.4, 0.5) is 5.69 Å². The summed E-state index contributed by atoms with van der Waals surface area (Å²) in [5, 5.41) is 15.6. The highest BCUT2D eigenvalue weighted by Crippen LogP contribution is 2.17. The third-order valence-electron chi connectivity index (χ3n) is 3.46. The van der Waals surface area contributed by atoms with Crippen molar-refractivity contribution in [1.29, 1.82) is 5.26 Å². The number of ether oxygens (including phenoxy) is 1. The first-order valence-electron chi connectivity index (χ1n) is 7.29. The number of nitriles is 1. The van der Waals surface area contributed by atoms with Crippen molar-refractivity contribution in [3.63, 3.8) is 0 Å². The molecule has 0 heterocycles. The number of nitrogens with one attached hydrogen (secondary N) is 2. The summed E-state index contributed by atoms with van der Waals surface area (Å²) in [5.41, 5.74) is 3.01. The van der Waals surface area contributed by atoms with Crippen LogP contribution in [-0.4, -0.2) is 12.2 Å². The Morgan fingerprint density at radius 2 is 1.83 bits per heavy atom. The van der Waals surface area contributed by atoms with E-state index in [-0.39, 0.29) is 6.04 Å². The van der Waals surface area contributed by atoms with Gasteiger partial charge in [-0.1, -0.05) is 24.3 Å². The van der Waals surface area contributed by atoms with Crippen molar-refractivity contribution in [3.05, 3.63) is 59.7 Å². The van der Waals surface area contributed by atoms with Crippen molar-refractivity contribution in [3.8, 4) is 11.8 Å². The van der Waals surface area contributed by atoms with Gasteiger partial charge in [-0.15, -0.1) is 0 Å². The highest BCUT2D eigenvalue weighted by Gasteiger charge is 2.07. The van der Waals surface area contributed by atoms with E-state index in [9.17, 15) is 0 Å². The molecule has 0 saturated heterocycles. The van der Waals surface area contributed by atoms with Gasteiger partial charge in [0.25, 0.3) is 0 Å². The number of hydrogen-bond acceptors (Lipinski definition) is 3. The molecule has 1 atom stereocenters. The van der Waals surface area contributed by atoms with Gasteiger partial charge in [-0.2, -0.15) is 5.26 Å². The fraction of sp³-hybridized carbons (Fsp3) is 0.222. The molecular formula is C18H19N3OS. The molecule has 2 aromatic rings. The minimum Gasteiger partial charge on any atom is -0.497 e. The number of rotatable bonds is 5. The Hall–Kier alpha value is -2.58. The van der Waals surface area contributed by atoms with Crippen molar-refractivity contribution in [1.82, 2.24) is 5.32 Å². The van der Waals surface area contributed by atoms with Crippen molar-refractivity contribution >= 4 is 23.0 Å². The van der Waals surface area contributed by atoms with E-state index < -0.39 is 0 Å². The number of benzene rings is 2. The molecular weight excluding hydrogens is 306 g/mol. The molecule has 0 unspecified atom stereocenters. The van der Waals surface area contributed by atoms with Gasteiger partial charge in [-0.3, -0.25) is 0 Å². The van der Waals surface area contributed by atoms with Crippen LogP contribution in [0.1, 0.15) is 24.1 Å². The summed E-state index contributed by atoms with van der Waals surface area (Å²) in [7, 11) is 1.65. The Morgan fingerprint density at radius 3 is 2.39 bits per heavy atom.